The molecule has 0 radical (unpaired) electrons. The van der Waals surface area contributed by atoms with Gasteiger partial charge in [0, 0.05) is 5.02 Å². The molecular formula is C16H15ClO3. The Morgan fingerprint density at radius 2 is 1.80 bits per heavy atom. The van der Waals surface area contributed by atoms with Crippen LogP contribution in [0.2, 0.25) is 5.02 Å². The first kappa shape index (κ1) is 14.4. The van der Waals surface area contributed by atoms with Crippen LogP contribution < -0.4 is 4.74 Å². The molecule has 2 aromatic rings. The lowest BCUT2D eigenvalue weighted by Gasteiger charge is -2.10. The van der Waals surface area contributed by atoms with Gasteiger partial charge < -0.3 is 9.84 Å². The first-order valence-corrected chi connectivity index (χ1v) is 6.61. The lowest BCUT2D eigenvalue weighted by molar-refractivity contribution is -0.136. The number of hydrogen-bond donors (Lipinski definition) is 1. The molecule has 20 heavy (non-hydrogen) atoms. The first-order chi connectivity index (χ1) is 9.54. The van der Waals surface area contributed by atoms with E-state index >= 15 is 0 Å². The van der Waals surface area contributed by atoms with Gasteiger partial charge in [-0.2, -0.15) is 0 Å². The van der Waals surface area contributed by atoms with Crippen molar-refractivity contribution >= 4 is 17.6 Å². The number of carboxylic acids is 1. The number of carbonyl (C=O) groups is 1. The Balaban J connectivity index is 2.00. The lowest BCUT2D eigenvalue weighted by atomic mass is 10.1. The Hall–Kier alpha value is -2.00. The topological polar surface area (TPSA) is 46.5 Å². The zero-order chi connectivity index (χ0) is 14.5. The quantitative estimate of drug-likeness (QED) is 0.909. The molecule has 4 heteroatoms. The van der Waals surface area contributed by atoms with Gasteiger partial charge in [-0.1, -0.05) is 41.9 Å². The number of carboxylic acid groups (broad SMARTS) is 1. The predicted molar refractivity (Wildman–Crippen MR) is 78.3 cm³/mol. The van der Waals surface area contributed by atoms with Gasteiger partial charge in [-0.3, -0.25) is 4.79 Å². The Kier molecular flexibility index (Phi) is 4.64. The van der Waals surface area contributed by atoms with E-state index in [0.717, 1.165) is 22.4 Å². The van der Waals surface area contributed by atoms with Gasteiger partial charge >= 0.3 is 5.97 Å². The largest absolute Gasteiger partial charge is 0.489 e. The molecule has 0 aliphatic rings. The highest BCUT2D eigenvalue weighted by atomic mass is 35.5. The molecule has 0 fully saturated rings. The zero-order valence-electron chi connectivity index (χ0n) is 11.1. The van der Waals surface area contributed by atoms with E-state index in [4.69, 9.17) is 21.4 Å². The van der Waals surface area contributed by atoms with Crippen LogP contribution in [0.4, 0.5) is 0 Å². The maximum Gasteiger partial charge on any atom is 0.307 e. The molecule has 2 rings (SSSR count). The molecule has 104 valence electrons. The molecule has 0 saturated carbocycles. The van der Waals surface area contributed by atoms with E-state index in [9.17, 15) is 4.79 Å². The molecule has 3 nitrogen and oxygen atoms in total. The molecule has 0 aliphatic heterocycles. The molecule has 0 aromatic heterocycles. The van der Waals surface area contributed by atoms with Crippen LogP contribution in [0, 0.1) is 6.92 Å². The number of aryl methyl sites for hydroxylation is 1. The van der Waals surface area contributed by atoms with Crippen molar-refractivity contribution in [2.75, 3.05) is 0 Å². The number of hydrogen-bond acceptors (Lipinski definition) is 2. The summed E-state index contributed by atoms with van der Waals surface area (Å²) in [7, 11) is 0. The van der Waals surface area contributed by atoms with Gasteiger partial charge in [-0.25, -0.2) is 0 Å². The van der Waals surface area contributed by atoms with E-state index in [1.807, 2.05) is 31.2 Å². The Morgan fingerprint density at radius 3 is 2.45 bits per heavy atom. The van der Waals surface area contributed by atoms with Crippen molar-refractivity contribution in [3.63, 3.8) is 0 Å². The molecule has 0 saturated heterocycles. The molecule has 0 spiro atoms. The fourth-order valence-corrected chi connectivity index (χ4v) is 1.98. The summed E-state index contributed by atoms with van der Waals surface area (Å²) >= 11 is 5.93. The Morgan fingerprint density at radius 1 is 1.15 bits per heavy atom. The van der Waals surface area contributed by atoms with Crippen LogP contribution in [0.25, 0.3) is 0 Å². The van der Waals surface area contributed by atoms with E-state index in [1.165, 1.54) is 0 Å². The number of rotatable bonds is 5. The van der Waals surface area contributed by atoms with E-state index in [2.05, 4.69) is 0 Å². The first-order valence-electron chi connectivity index (χ1n) is 6.23. The average molecular weight is 291 g/mol. The molecule has 0 heterocycles. The minimum Gasteiger partial charge on any atom is -0.489 e. The highest BCUT2D eigenvalue weighted by Gasteiger charge is 2.03. The predicted octanol–water partition coefficient (Wildman–Crippen LogP) is 3.85. The molecule has 0 amide bonds. The summed E-state index contributed by atoms with van der Waals surface area (Å²) in [5, 5.41) is 9.35. The average Bonchev–Trinajstić information content (AvgIpc) is 2.41. The minimum absolute atomic E-state index is 0.0362. The molecule has 0 atom stereocenters. The van der Waals surface area contributed by atoms with E-state index in [1.54, 1.807) is 18.2 Å². The van der Waals surface area contributed by atoms with Crippen molar-refractivity contribution in [2.45, 2.75) is 20.0 Å². The van der Waals surface area contributed by atoms with E-state index < -0.39 is 5.97 Å². The normalized spacial score (nSPS) is 10.3. The fraction of sp³-hybridized carbons (Fsp3) is 0.188. The number of aliphatic carboxylic acids is 1. The maximum atomic E-state index is 10.6. The summed E-state index contributed by atoms with van der Waals surface area (Å²) < 4.78 is 5.72. The molecule has 1 N–H and O–H groups in total. The van der Waals surface area contributed by atoms with Gasteiger partial charge in [0.1, 0.15) is 12.4 Å². The van der Waals surface area contributed by atoms with Crippen molar-refractivity contribution in [1.82, 2.24) is 0 Å². The summed E-state index contributed by atoms with van der Waals surface area (Å²) in [5.74, 6) is -0.0735. The molecule has 2 aromatic carbocycles. The van der Waals surface area contributed by atoms with Crippen molar-refractivity contribution in [3.05, 3.63) is 64.2 Å². The van der Waals surface area contributed by atoms with Crippen molar-refractivity contribution in [2.24, 2.45) is 0 Å². The van der Waals surface area contributed by atoms with Crippen LogP contribution in [0.5, 0.6) is 5.75 Å². The Bertz CT molecular complexity index is 606. The van der Waals surface area contributed by atoms with Crippen LogP contribution in [0.1, 0.15) is 16.7 Å². The third-order valence-corrected chi connectivity index (χ3v) is 3.16. The Labute approximate surface area is 122 Å². The maximum absolute atomic E-state index is 10.6. The highest BCUT2D eigenvalue weighted by molar-refractivity contribution is 6.30. The summed E-state index contributed by atoms with van der Waals surface area (Å²) in [6, 6.07) is 12.9. The second-order valence-corrected chi connectivity index (χ2v) is 5.02. The van der Waals surface area contributed by atoms with Crippen molar-refractivity contribution in [3.8, 4) is 5.75 Å². The SMILES string of the molecule is Cc1ccc(Cl)cc1OCc1ccc(CC(=O)O)cc1. The van der Waals surface area contributed by atoms with E-state index in [0.29, 0.717) is 11.6 Å². The van der Waals surface area contributed by atoms with Crippen LogP contribution >= 0.6 is 11.6 Å². The van der Waals surface area contributed by atoms with Crippen LogP contribution in [0.15, 0.2) is 42.5 Å². The monoisotopic (exact) mass is 290 g/mol. The number of ether oxygens (including phenoxy) is 1. The van der Waals surface area contributed by atoms with Gasteiger partial charge in [0.25, 0.3) is 0 Å². The van der Waals surface area contributed by atoms with Gasteiger partial charge in [0.2, 0.25) is 0 Å². The number of halogens is 1. The fourth-order valence-electron chi connectivity index (χ4n) is 1.82. The van der Waals surface area contributed by atoms with Crippen molar-refractivity contribution in [1.29, 1.82) is 0 Å². The number of benzene rings is 2. The summed E-state index contributed by atoms with van der Waals surface area (Å²) in [6.45, 7) is 2.39. The molecule has 0 aliphatic carbocycles. The summed E-state index contributed by atoms with van der Waals surface area (Å²) in [4.78, 5) is 10.6. The van der Waals surface area contributed by atoms with Crippen LogP contribution in [0.3, 0.4) is 0 Å². The van der Waals surface area contributed by atoms with Gasteiger partial charge in [0.15, 0.2) is 0 Å². The summed E-state index contributed by atoms with van der Waals surface area (Å²) in [6.07, 6.45) is 0.0362. The summed E-state index contributed by atoms with van der Waals surface area (Å²) in [5.41, 5.74) is 2.79. The third kappa shape index (κ3) is 4.00. The third-order valence-electron chi connectivity index (χ3n) is 2.92. The van der Waals surface area contributed by atoms with Gasteiger partial charge in [-0.15, -0.1) is 0 Å². The second kappa shape index (κ2) is 6.44. The zero-order valence-corrected chi connectivity index (χ0v) is 11.9. The van der Waals surface area contributed by atoms with E-state index in [-0.39, 0.29) is 6.42 Å². The van der Waals surface area contributed by atoms with Crippen LogP contribution in [-0.2, 0) is 17.8 Å². The molecule has 0 bridgehead atoms. The lowest BCUT2D eigenvalue weighted by Crippen LogP contribution is -2.01. The second-order valence-electron chi connectivity index (χ2n) is 4.59. The smallest absolute Gasteiger partial charge is 0.307 e. The standard InChI is InChI=1S/C16H15ClO3/c1-11-2-7-14(17)9-15(11)20-10-13-5-3-12(4-6-13)8-16(18)19/h2-7,9H,8,10H2,1H3,(H,18,19). The van der Waals surface area contributed by atoms with Gasteiger partial charge in [-0.05, 0) is 35.7 Å². The van der Waals surface area contributed by atoms with Gasteiger partial charge in [0.05, 0.1) is 6.42 Å². The highest BCUT2D eigenvalue weighted by Crippen LogP contribution is 2.23. The van der Waals surface area contributed by atoms with Crippen LogP contribution in [-0.4, -0.2) is 11.1 Å². The molecule has 0 unspecified atom stereocenters. The van der Waals surface area contributed by atoms with Crippen molar-refractivity contribution < 1.29 is 14.6 Å². The minimum atomic E-state index is -0.830. The molecular weight excluding hydrogens is 276 g/mol.